The van der Waals surface area contributed by atoms with E-state index in [1.807, 2.05) is 6.92 Å². The SMILES string of the molecule is C[C@]12CCC(=O)N[C@H]1CCC2=O. The molecule has 0 bridgehead atoms. The zero-order valence-electron chi connectivity index (χ0n) is 7.22. The first kappa shape index (κ1) is 7.77. The van der Waals surface area contributed by atoms with Crippen LogP contribution in [0.3, 0.4) is 0 Å². The van der Waals surface area contributed by atoms with Crippen molar-refractivity contribution in [3.05, 3.63) is 0 Å². The molecule has 1 aliphatic carbocycles. The lowest BCUT2D eigenvalue weighted by molar-refractivity contribution is -0.131. The lowest BCUT2D eigenvalue weighted by Crippen LogP contribution is -2.50. The molecule has 2 aliphatic rings. The normalized spacial score (nSPS) is 40.9. The molecular weight excluding hydrogens is 154 g/mol. The minimum absolute atomic E-state index is 0.104. The topological polar surface area (TPSA) is 46.2 Å². The van der Waals surface area contributed by atoms with Crippen molar-refractivity contribution in [2.24, 2.45) is 5.41 Å². The van der Waals surface area contributed by atoms with Crippen molar-refractivity contribution in [3.63, 3.8) is 0 Å². The van der Waals surface area contributed by atoms with Gasteiger partial charge in [0.2, 0.25) is 5.91 Å². The van der Waals surface area contributed by atoms with Crippen molar-refractivity contribution in [2.75, 3.05) is 0 Å². The third-order valence-electron chi connectivity index (χ3n) is 3.27. The summed E-state index contributed by atoms with van der Waals surface area (Å²) >= 11 is 0. The van der Waals surface area contributed by atoms with Crippen LogP contribution >= 0.6 is 0 Å². The molecule has 0 spiro atoms. The van der Waals surface area contributed by atoms with Gasteiger partial charge in [0.15, 0.2) is 0 Å². The van der Waals surface area contributed by atoms with Crippen LogP contribution in [-0.4, -0.2) is 17.7 Å². The molecule has 1 aliphatic heterocycles. The van der Waals surface area contributed by atoms with Crippen LogP contribution in [0.4, 0.5) is 0 Å². The highest BCUT2D eigenvalue weighted by Gasteiger charge is 2.48. The lowest BCUT2D eigenvalue weighted by atomic mass is 9.77. The average Bonchev–Trinajstić information content (AvgIpc) is 2.31. The molecule has 2 fully saturated rings. The van der Waals surface area contributed by atoms with Crippen molar-refractivity contribution >= 4 is 11.7 Å². The molecule has 1 heterocycles. The van der Waals surface area contributed by atoms with Crippen LogP contribution in [0.15, 0.2) is 0 Å². The van der Waals surface area contributed by atoms with E-state index in [2.05, 4.69) is 5.32 Å². The molecule has 1 saturated carbocycles. The van der Waals surface area contributed by atoms with Gasteiger partial charge in [0.05, 0.1) is 0 Å². The smallest absolute Gasteiger partial charge is 0.220 e. The van der Waals surface area contributed by atoms with E-state index < -0.39 is 0 Å². The second-order valence-electron chi connectivity index (χ2n) is 4.00. The van der Waals surface area contributed by atoms with Crippen molar-refractivity contribution in [1.82, 2.24) is 5.32 Å². The first-order valence-corrected chi connectivity index (χ1v) is 4.45. The second kappa shape index (κ2) is 2.31. The van der Waals surface area contributed by atoms with E-state index in [1.165, 1.54) is 0 Å². The molecule has 1 amide bonds. The van der Waals surface area contributed by atoms with Crippen LogP contribution in [0.1, 0.15) is 32.6 Å². The first-order chi connectivity index (χ1) is 5.63. The molecule has 12 heavy (non-hydrogen) atoms. The quantitative estimate of drug-likeness (QED) is 0.575. The zero-order chi connectivity index (χ0) is 8.77. The van der Waals surface area contributed by atoms with E-state index in [0.29, 0.717) is 18.6 Å². The molecule has 3 heteroatoms. The molecule has 0 aromatic carbocycles. The summed E-state index contributed by atoms with van der Waals surface area (Å²) in [6.45, 7) is 1.98. The summed E-state index contributed by atoms with van der Waals surface area (Å²) in [7, 11) is 0. The molecule has 0 aromatic heterocycles. The number of fused-ring (bicyclic) bond motifs is 1. The van der Waals surface area contributed by atoms with E-state index in [9.17, 15) is 9.59 Å². The number of carbonyl (C=O) groups is 2. The summed E-state index contributed by atoms with van der Waals surface area (Å²) in [6, 6.07) is 0.117. The summed E-state index contributed by atoms with van der Waals surface area (Å²) in [6.07, 6.45) is 2.73. The number of nitrogens with one attached hydrogen (secondary N) is 1. The van der Waals surface area contributed by atoms with Gasteiger partial charge < -0.3 is 5.32 Å². The van der Waals surface area contributed by atoms with Crippen molar-refractivity contribution in [1.29, 1.82) is 0 Å². The standard InChI is InChI=1S/C9H13NO2/c1-9-5-4-8(12)10-6(9)2-3-7(9)11/h6H,2-5H2,1H3,(H,10,12)/t6-,9-/m0/s1. The summed E-state index contributed by atoms with van der Waals surface area (Å²) in [4.78, 5) is 22.5. The van der Waals surface area contributed by atoms with Crippen LogP contribution in [0.2, 0.25) is 0 Å². The van der Waals surface area contributed by atoms with E-state index in [-0.39, 0.29) is 17.4 Å². The van der Waals surface area contributed by atoms with Gasteiger partial charge in [0.25, 0.3) is 0 Å². The Kier molecular flexibility index (Phi) is 1.50. The maximum absolute atomic E-state index is 11.5. The highest BCUT2D eigenvalue weighted by Crippen LogP contribution is 2.40. The van der Waals surface area contributed by atoms with Crippen LogP contribution in [0.25, 0.3) is 0 Å². The largest absolute Gasteiger partial charge is 0.352 e. The highest BCUT2D eigenvalue weighted by atomic mass is 16.2. The van der Waals surface area contributed by atoms with Crippen LogP contribution < -0.4 is 5.32 Å². The van der Waals surface area contributed by atoms with Gasteiger partial charge >= 0.3 is 0 Å². The molecule has 0 radical (unpaired) electrons. The van der Waals surface area contributed by atoms with Gasteiger partial charge in [-0.25, -0.2) is 0 Å². The predicted octanol–water partition coefficient (Wildman–Crippen LogP) is 0.634. The maximum Gasteiger partial charge on any atom is 0.220 e. The summed E-state index contributed by atoms with van der Waals surface area (Å²) in [5.74, 6) is 0.430. The Bertz CT molecular complexity index is 249. The molecule has 2 rings (SSSR count). The molecule has 66 valence electrons. The number of hydrogen-bond donors (Lipinski definition) is 1. The molecule has 0 unspecified atom stereocenters. The van der Waals surface area contributed by atoms with E-state index in [0.717, 1.165) is 12.8 Å². The number of hydrogen-bond acceptors (Lipinski definition) is 2. The number of ketones is 1. The van der Waals surface area contributed by atoms with E-state index in [4.69, 9.17) is 0 Å². The van der Waals surface area contributed by atoms with Crippen molar-refractivity contribution in [2.45, 2.75) is 38.6 Å². The maximum atomic E-state index is 11.5. The Morgan fingerprint density at radius 2 is 2.17 bits per heavy atom. The fourth-order valence-electron chi connectivity index (χ4n) is 2.26. The van der Waals surface area contributed by atoms with Gasteiger partial charge in [-0.2, -0.15) is 0 Å². The highest BCUT2D eigenvalue weighted by molar-refractivity contribution is 5.91. The van der Waals surface area contributed by atoms with Crippen LogP contribution in [-0.2, 0) is 9.59 Å². The van der Waals surface area contributed by atoms with Crippen LogP contribution in [0, 0.1) is 5.41 Å². The van der Waals surface area contributed by atoms with Gasteiger partial charge in [-0.05, 0) is 12.8 Å². The number of rotatable bonds is 0. The van der Waals surface area contributed by atoms with Gasteiger partial charge in [0, 0.05) is 24.3 Å². The molecule has 0 aromatic rings. The summed E-state index contributed by atoms with van der Waals surface area (Å²) < 4.78 is 0. The lowest BCUT2D eigenvalue weighted by Gasteiger charge is -2.34. The van der Waals surface area contributed by atoms with Crippen molar-refractivity contribution in [3.8, 4) is 0 Å². The Morgan fingerprint density at radius 3 is 2.92 bits per heavy atom. The zero-order valence-corrected chi connectivity index (χ0v) is 7.22. The second-order valence-corrected chi connectivity index (χ2v) is 4.00. The van der Waals surface area contributed by atoms with Gasteiger partial charge in [-0.3, -0.25) is 9.59 Å². The third kappa shape index (κ3) is 0.886. The third-order valence-corrected chi connectivity index (χ3v) is 3.27. The van der Waals surface area contributed by atoms with Crippen molar-refractivity contribution < 1.29 is 9.59 Å². The molecule has 2 atom stereocenters. The predicted molar refractivity (Wildman–Crippen MR) is 43.5 cm³/mol. The fourth-order valence-corrected chi connectivity index (χ4v) is 2.26. The Morgan fingerprint density at radius 1 is 1.42 bits per heavy atom. The van der Waals surface area contributed by atoms with Gasteiger partial charge in [-0.15, -0.1) is 0 Å². The number of carbonyl (C=O) groups excluding carboxylic acids is 2. The average molecular weight is 167 g/mol. The molecule has 1 saturated heterocycles. The number of Topliss-reactive ketones (excluding diaryl/α,β-unsaturated/α-hetero) is 1. The van der Waals surface area contributed by atoms with Gasteiger partial charge in [-0.1, -0.05) is 6.92 Å². The summed E-state index contributed by atoms with van der Waals surface area (Å²) in [5, 5.41) is 2.89. The molecular formula is C9H13NO2. The Balaban J connectivity index is 2.24. The van der Waals surface area contributed by atoms with E-state index >= 15 is 0 Å². The molecule has 3 nitrogen and oxygen atoms in total. The Hall–Kier alpha value is -0.860. The fraction of sp³-hybridized carbons (Fsp3) is 0.778. The number of piperidine rings is 1. The minimum atomic E-state index is -0.242. The van der Waals surface area contributed by atoms with Gasteiger partial charge in [0.1, 0.15) is 5.78 Å². The summed E-state index contributed by atoms with van der Waals surface area (Å²) in [5.41, 5.74) is -0.242. The monoisotopic (exact) mass is 167 g/mol. The Labute approximate surface area is 71.5 Å². The van der Waals surface area contributed by atoms with E-state index in [1.54, 1.807) is 0 Å². The van der Waals surface area contributed by atoms with Crippen LogP contribution in [0.5, 0.6) is 0 Å². The first-order valence-electron chi connectivity index (χ1n) is 4.45. The molecule has 1 N–H and O–H groups in total. The number of amides is 1. The minimum Gasteiger partial charge on any atom is -0.352 e.